The molecule has 0 amide bonds. The fourth-order valence-corrected chi connectivity index (χ4v) is 2.31. The highest BCUT2D eigenvalue weighted by Crippen LogP contribution is 2.37. The number of carbonyl (C=O) groups is 1. The molecule has 1 aliphatic rings. The van der Waals surface area contributed by atoms with Crippen molar-refractivity contribution in [2.75, 3.05) is 0 Å². The first-order valence-corrected chi connectivity index (χ1v) is 5.95. The van der Waals surface area contributed by atoms with Crippen LogP contribution < -0.4 is 4.74 Å². The summed E-state index contributed by atoms with van der Waals surface area (Å²) in [5.74, 6) is -0.0214. The van der Waals surface area contributed by atoms with Gasteiger partial charge in [0.2, 0.25) is 0 Å². The first kappa shape index (κ1) is 12.2. The first-order valence-electron chi connectivity index (χ1n) is 5.57. The van der Waals surface area contributed by atoms with Gasteiger partial charge in [0.25, 0.3) is 0 Å². The topological polar surface area (TPSA) is 46.5 Å². The zero-order valence-corrected chi connectivity index (χ0v) is 10.6. The molecule has 1 unspecified atom stereocenters. The molecule has 1 aromatic carbocycles. The molecule has 0 aliphatic carbocycles. The Morgan fingerprint density at radius 2 is 2.29 bits per heavy atom. The van der Waals surface area contributed by atoms with Gasteiger partial charge in [-0.3, -0.25) is 4.79 Å². The molecule has 0 radical (unpaired) electrons. The molecule has 3 nitrogen and oxygen atoms in total. The molecule has 2 rings (SSSR count). The fourth-order valence-electron chi connectivity index (χ4n) is 2.07. The predicted molar refractivity (Wildman–Crippen MR) is 65.6 cm³/mol. The van der Waals surface area contributed by atoms with Gasteiger partial charge in [-0.05, 0) is 26.0 Å². The molecular weight excluding hydrogens is 240 g/mol. The molecule has 1 heterocycles. The van der Waals surface area contributed by atoms with Crippen molar-refractivity contribution in [3.8, 4) is 5.75 Å². The van der Waals surface area contributed by atoms with E-state index in [1.807, 2.05) is 18.2 Å². The van der Waals surface area contributed by atoms with Crippen LogP contribution in [0.1, 0.15) is 25.8 Å². The standard InChI is InChI=1S/C13H15ClO3/c1-13(2,12(15)16)7-8-6-9-10(14)4-3-5-11(9)17-8/h3-5,8H,6-7H2,1-2H3,(H,15,16). The van der Waals surface area contributed by atoms with Crippen LogP contribution in [0.2, 0.25) is 5.02 Å². The second kappa shape index (κ2) is 4.22. The average molecular weight is 255 g/mol. The molecule has 1 aliphatic heterocycles. The van der Waals surface area contributed by atoms with Crippen LogP contribution >= 0.6 is 11.6 Å². The Bertz CT molecular complexity index is 454. The summed E-state index contributed by atoms with van der Waals surface area (Å²) in [7, 11) is 0. The van der Waals surface area contributed by atoms with Crippen molar-refractivity contribution in [3.05, 3.63) is 28.8 Å². The van der Waals surface area contributed by atoms with Crippen molar-refractivity contribution in [2.24, 2.45) is 5.41 Å². The van der Waals surface area contributed by atoms with Crippen LogP contribution in [-0.2, 0) is 11.2 Å². The molecule has 0 bridgehead atoms. The predicted octanol–water partition coefficient (Wildman–Crippen LogP) is 3.14. The monoisotopic (exact) mass is 254 g/mol. The minimum absolute atomic E-state index is 0.101. The SMILES string of the molecule is CC(C)(CC1Cc2c(Cl)cccc2O1)C(=O)O. The highest BCUT2D eigenvalue weighted by atomic mass is 35.5. The fraction of sp³-hybridized carbons (Fsp3) is 0.462. The third kappa shape index (κ3) is 2.39. The third-order valence-electron chi connectivity index (χ3n) is 3.12. The maximum Gasteiger partial charge on any atom is 0.309 e. The largest absolute Gasteiger partial charge is 0.490 e. The number of hydrogen-bond donors (Lipinski definition) is 1. The van der Waals surface area contributed by atoms with Crippen LogP contribution in [0.5, 0.6) is 5.75 Å². The molecule has 92 valence electrons. The quantitative estimate of drug-likeness (QED) is 0.901. The molecule has 4 heteroatoms. The van der Waals surface area contributed by atoms with E-state index in [0.717, 1.165) is 11.3 Å². The number of aliphatic carboxylic acids is 1. The number of hydrogen-bond acceptors (Lipinski definition) is 2. The summed E-state index contributed by atoms with van der Waals surface area (Å²) in [6.45, 7) is 3.42. The van der Waals surface area contributed by atoms with E-state index in [4.69, 9.17) is 21.4 Å². The number of carboxylic acids is 1. The van der Waals surface area contributed by atoms with E-state index in [1.165, 1.54) is 0 Å². The average Bonchev–Trinajstić information content (AvgIpc) is 2.60. The number of rotatable bonds is 3. The smallest absolute Gasteiger partial charge is 0.309 e. The van der Waals surface area contributed by atoms with Gasteiger partial charge in [-0.1, -0.05) is 17.7 Å². The summed E-state index contributed by atoms with van der Waals surface area (Å²) in [4.78, 5) is 11.1. The lowest BCUT2D eigenvalue weighted by Gasteiger charge is -2.22. The second-order valence-corrected chi connectivity index (χ2v) is 5.46. The van der Waals surface area contributed by atoms with Gasteiger partial charge in [-0.15, -0.1) is 0 Å². The Morgan fingerprint density at radius 1 is 1.59 bits per heavy atom. The Labute approximate surface area is 105 Å². The highest BCUT2D eigenvalue weighted by Gasteiger charge is 2.35. The van der Waals surface area contributed by atoms with Crippen molar-refractivity contribution >= 4 is 17.6 Å². The van der Waals surface area contributed by atoms with E-state index < -0.39 is 11.4 Å². The molecule has 0 saturated heterocycles. The van der Waals surface area contributed by atoms with Crippen molar-refractivity contribution in [1.29, 1.82) is 0 Å². The van der Waals surface area contributed by atoms with Crippen LogP contribution in [0.4, 0.5) is 0 Å². The van der Waals surface area contributed by atoms with Crippen molar-refractivity contribution in [1.82, 2.24) is 0 Å². The van der Waals surface area contributed by atoms with Crippen LogP contribution in [-0.4, -0.2) is 17.2 Å². The number of halogens is 1. The number of benzene rings is 1. The molecule has 0 spiro atoms. The zero-order chi connectivity index (χ0) is 12.6. The Morgan fingerprint density at radius 3 is 2.88 bits per heavy atom. The summed E-state index contributed by atoms with van der Waals surface area (Å²) in [6, 6.07) is 5.54. The lowest BCUT2D eigenvalue weighted by atomic mass is 9.86. The molecule has 0 aromatic heterocycles. The maximum absolute atomic E-state index is 11.1. The van der Waals surface area contributed by atoms with E-state index in [0.29, 0.717) is 17.9 Å². The second-order valence-electron chi connectivity index (χ2n) is 5.05. The van der Waals surface area contributed by atoms with Crippen molar-refractivity contribution in [3.63, 3.8) is 0 Å². The molecular formula is C13H15ClO3. The Balaban J connectivity index is 2.11. The Kier molecular flexibility index (Phi) is 3.04. The maximum atomic E-state index is 11.1. The summed E-state index contributed by atoms with van der Waals surface area (Å²) >= 11 is 6.07. The number of carboxylic acid groups (broad SMARTS) is 1. The summed E-state index contributed by atoms with van der Waals surface area (Å²) in [6.07, 6.45) is 1.06. The van der Waals surface area contributed by atoms with Gasteiger partial charge >= 0.3 is 5.97 Å². The van der Waals surface area contributed by atoms with Crippen LogP contribution in [0.25, 0.3) is 0 Å². The minimum atomic E-state index is -0.803. The van der Waals surface area contributed by atoms with E-state index >= 15 is 0 Å². The molecule has 0 saturated carbocycles. The summed E-state index contributed by atoms with van der Waals surface area (Å²) < 4.78 is 5.73. The van der Waals surface area contributed by atoms with Crippen LogP contribution in [0.15, 0.2) is 18.2 Å². The number of ether oxygens (including phenoxy) is 1. The minimum Gasteiger partial charge on any atom is -0.490 e. The van der Waals surface area contributed by atoms with Gasteiger partial charge < -0.3 is 9.84 Å². The zero-order valence-electron chi connectivity index (χ0n) is 9.87. The van der Waals surface area contributed by atoms with E-state index in [1.54, 1.807) is 13.8 Å². The van der Waals surface area contributed by atoms with Crippen molar-refractivity contribution < 1.29 is 14.6 Å². The summed E-state index contributed by atoms with van der Waals surface area (Å²) in [5.41, 5.74) is 0.208. The highest BCUT2D eigenvalue weighted by molar-refractivity contribution is 6.31. The van der Waals surface area contributed by atoms with Gasteiger partial charge in [0, 0.05) is 23.4 Å². The molecule has 1 aromatic rings. The molecule has 1 atom stereocenters. The molecule has 17 heavy (non-hydrogen) atoms. The molecule has 1 N–H and O–H groups in total. The third-order valence-corrected chi connectivity index (χ3v) is 3.47. The van der Waals surface area contributed by atoms with Crippen LogP contribution in [0.3, 0.4) is 0 Å². The van der Waals surface area contributed by atoms with Crippen LogP contribution in [0, 0.1) is 5.41 Å². The van der Waals surface area contributed by atoms with E-state index in [9.17, 15) is 4.79 Å². The lowest BCUT2D eigenvalue weighted by molar-refractivity contribution is -0.148. The van der Waals surface area contributed by atoms with Crippen molar-refractivity contribution in [2.45, 2.75) is 32.8 Å². The first-order chi connectivity index (χ1) is 7.90. The molecule has 0 fully saturated rings. The number of fused-ring (bicyclic) bond motifs is 1. The van der Waals surface area contributed by atoms with E-state index in [2.05, 4.69) is 0 Å². The van der Waals surface area contributed by atoms with Gasteiger partial charge in [0.05, 0.1) is 5.41 Å². The van der Waals surface area contributed by atoms with Gasteiger partial charge in [0.1, 0.15) is 11.9 Å². The van der Waals surface area contributed by atoms with Gasteiger partial charge in [-0.2, -0.15) is 0 Å². The van der Waals surface area contributed by atoms with Gasteiger partial charge in [-0.25, -0.2) is 0 Å². The Hall–Kier alpha value is -1.22. The van der Waals surface area contributed by atoms with Gasteiger partial charge in [0.15, 0.2) is 0 Å². The van der Waals surface area contributed by atoms with E-state index in [-0.39, 0.29) is 6.10 Å². The lowest BCUT2D eigenvalue weighted by Crippen LogP contribution is -2.30. The normalized spacial score (nSPS) is 18.6. The summed E-state index contributed by atoms with van der Waals surface area (Å²) in [5, 5.41) is 9.78.